The zero-order valence-corrected chi connectivity index (χ0v) is 36.7. The van der Waals surface area contributed by atoms with E-state index in [1.165, 1.54) is 66.4 Å². The molecular formula is C65H43NO. The van der Waals surface area contributed by atoms with Crippen molar-refractivity contribution in [1.29, 1.82) is 0 Å². The van der Waals surface area contributed by atoms with Crippen molar-refractivity contribution in [2.75, 3.05) is 4.90 Å². The third-order valence-corrected chi connectivity index (χ3v) is 13.9. The van der Waals surface area contributed by atoms with Gasteiger partial charge in [0.15, 0.2) is 0 Å². The summed E-state index contributed by atoms with van der Waals surface area (Å²) in [6.07, 6.45) is 0. The lowest BCUT2D eigenvalue weighted by Crippen LogP contribution is -2.28. The molecule has 0 spiro atoms. The molecule has 0 N–H and O–H groups in total. The van der Waals surface area contributed by atoms with E-state index in [2.05, 4.69) is 266 Å². The molecule has 0 fully saturated rings. The summed E-state index contributed by atoms with van der Waals surface area (Å²) < 4.78 is 6.97. The Balaban J connectivity index is 1.03. The molecule has 314 valence electrons. The Morgan fingerprint density at radius 1 is 0.313 bits per heavy atom. The number of benzene rings is 11. The predicted molar refractivity (Wildman–Crippen MR) is 280 cm³/mol. The van der Waals surface area contributed by atoms with Gasteiger partial charge >= 0.3 is 0 Å². The van der Waals surface area contributed by atoms with E-state index in [0.29, 0.717) is 0 Å². The third kappa shape index (κ3) is 6.26. The zero-order valence-electron chi connectivity index (χ0n) is 36.7. The van der Waals surface area contributed by atoms with Gasteiger partial charge in [-0.15, -0.1) is 0 Å². The highest BCUT2D eigenvalue weighted by atomic mass is 16.3. The lowest BCUT2D eigenvalue weighted by molar-refractivity contribution is 0.670. The second kappa shape index (κ2) is 15.8. The van der Waals surface area contributed by atoms with E-state index in [0.717, 1.165) is 50.1 Å². The molecule has 1 aromatic heterocycles. The van der Waals surface area contributed by atoms with E-state index < -0.39 is 5.41 Å². The quantitative estimate of drug-likeness (QED) is 0.151. The van der Waals surface area contributed by atoms with Gasteiger partial charge in [0.05, 0.1) is 5.41 Å². The molecule has 0 amide bonds. The Labute approximate surface area is 390 Å². The van der Waals surface area contributed by atoms with Crippen LogP contribution in [0.5, 0.6) is 0 Å². The summed E-state index contributed by atoms with van der Waals surface area (Å²) in [7, 11) is 0. The van der Waals surface area contributed by atoms with Gasteiger partial charge in [-0.3, -0.25) is 0 Å². The molecule has 0 atom stereocenters. The molecule has 2 heteroatoms. The lowest BCUT2D eigenvalue weighted by atomic mass is 9.67. The van der Waals surface area contributed by atoms with Gasteiger partial charge in [-0.2, -0.15) is 0 Å². The van der Waals surface area contributed by atoms with Gasteiger partial charge in [0, 0.05) is 33.4 Å². The Morgan fingerprint density at radius 2 is 0.806 bits per heavy atom. The average Bonchev–Trinajstić information content (AvgIpc) is 3.92. The van der Waals surface area contributed by atoms with Gasteiger partial charge in [-0.05, 0) is 121 Å². The Morgan fingerprint density at radius 3 is 1.48 bits per heavy atom. The third-order valence-electron chi connectivity index (χ3n) is 13.9. The number of nitrogens with zero attached hydrogens (tertiary/aromatic N) is 1. The van der Waals surface area contributed by atoms with Crippen LogP contribution in [0.15, 0.2) is 265 Å². The SMILES string of the molecule is c1ccc(-c2ccc(-c3c4ccccc4cc4c3oc3ccc(N(c5ccc(-c6ccccc6)cc5)c5ccc6c(c5)C(c5ccccc5)(c5ccccc5)c5ccccc5-6)cc34)cc2)cc1. The fourth-order valence-electron chi connectivity index (χ4n) is 10.9. The van der Waals surface area contributed by atoms with E-state index in [9.17, 15) is 0 Å². The first-order valence-electron chi connectivity index (χ1n) is 23.1. The van der Waals surface area contributed by atoms with Crippen molar-refractivity contribution in [3.05, 3.63) is 283 Å². The molecule has 0 aliphatic heterocycles. The van der Waals surface area contributed by atoms with Crippen LogP contribution in [0.3, 0.4) is 0 Å². The Kier molecular flexibility index (Phi) is 9.11. The van der Waals surface area contributed by atoms with Gasteiger partial charge < -0.3 is 9.32 Å². The summed E-state index contributed by atoms with van der Waals surface area (Å²) in [5.41, 5.74) is 18.9. The molecule has 13 rings (SSSR count). The van der Waals surface area contributed by atoms with Crippen molar-refractivity contribution in [2.24, 2.45) is 0 Å². The molecule has 0 saturated carbocycles. The van der Waals surface area contributed by atoms with E-state index >= 15 is 0 Å². The molecule has 0 bridgehead atoms. The second-order valence-electron chi connectivity index (χ2n) is 17.6. The van der Waals surface area contributed by atoms with Crippen LogP contribution in [0.4, 0.5) is 17.1 Å². The van der Waals surface area contributed by atoms with Crippen LogP contribution in [-0.4, -0.2) is 0 Å². The van der Waals surface area contributed by atoms with E-state index in [4.69, 9.17) is 4.42 Å². The molecule has 0 saturated heterocycles. The summed E-state index contributed by atoms with van der Waals surface area (Å²) in [6, 6.07) is 94.9. The first-order valence-corrected chi connectivity index (χ1v) is 23.1. The van der Waals surface area contributed by atoms with Crippen LogP contribution in [0.25, 0.3) is 77.2 Å². The van der Waals surface area contributed by atoms with Crippen molar-refractivity contribution < 1.29 is 4.42 Å². The van der Waals surface area contributed by atoms with Crippen LogP contribution in [-0.2, 0) is 5.41 Å². The predicted octanol–water partition coefficient (Wildman–Crippen LogP) is 17.6. The maximum absolute atomic E-state index is 6.97. The zero-order chi connectivity index (χ0) is 44.3. The molecule has 1 aliphatic carbocycles. The molecule has 67 heavy (non-hydrogen) atoms. The number of rotatable bonds is 8. The van der Waals surface area contributed by atoms with E-state index in [-0.39, 0.29) is 0 Å². The fourth-order valence-corrected chi connectivity index (χ4v) is 10.9. The van der Waals surface area contributed by atoms with Crippen LogP contribution in [0.1, 0.15) is 22.3 Å². The van der Waals surface area contributed by atoms with Crippen LogP contribution in [0, 0.1) is 0 Å². The minimum absolute atomic E-state index is 0.533. The summed E-state index contributed by atoms with van der Waals surface area (Å²) in [5, 5.41) is 4.51. The average molecular weight is 854 g/mol. The molecule has 1 aliphatic rings. The number of furan rings is 1. The van der Waals surface area contributed by atoms with Crippen molar-refractivity contribution >= 4 is 49.8 Å². The standard InChI is InChI=1S/C65H43NO/c1-5-17-44(18-6-1)46-29-31-48(32-30-46)63-55-26-14-13-21-49(55)41-59-58-42-53(38-40-62(58)67-64(59)63)66(52-35-33-47(34-36-52)45-19-7-2-8-20-45)54-37-39-57-56-27-15-16-28-60(56)65(61(57)43-54,50-22-9-3-10-23-50)51-24-11-4-12-25-51/h1-43H. The first-order chi connectivity index (χ1) is 33.2. The molecule has 1 heterocycles. The topological polar surface area (TPSA) is 16.4 Å². The van der Waals surface area contributed by atoms with Crippen molar-refractivity contribution in [2.45, 2.75) is 5.41 Å². The molecule has 0 radical (unpaired) electrons. The van der Waals surface area contributed by atoms with Gasteiger partial charge in [0.2, 0.25) is 0 Å². The molecular weight excluding hydrogens is 811 g/mol. The molecule has 11 aromatic carbocycles. The van der Waals surface area contributed by atoms with Crippen LogP contribution in [0.2, 0.25) is 0 Å². The molecule has 0 unspecified atom stereocenters. The highest BCUT2D eigenvalue weighted by molar-refractivity contribution is 6.19. The molecule has 12 aromatic rings. The largest absolute Gasteiger partial charge is 0.455 e. The number of hydrogen-bond acceptors (Lipinski definition) is 2. The second-order valence-corrected chi connectivity index (χ2v) is 17.6. The summed E-state index contributed by atoms with van der Waals surface area (Å²) >= 11 is 0. The number of hydrogen-bond donors (Lipinski definition) is 0. The molecule has 2 nitrogen and oxygen atoms in total. The van der Waals surface area contributed by atoms with Crippen LogP contribution >= 0.6 is 0 Å². The number of anilines is 3. The normalized spacial score (nSPS) is 12.6. The maximum atomic E-state index is 6.97. The summed E-state index contributed by atoms with van der Waals surface area (Å²) in [4.78, 5) is 2.42. The van der Waals surface area contributed by atoms with Crippen molar-refractivity contribution in [3.63, 3.8) is 0 Å². The first kappa shape index (κ1) is 38.7. The van der Waals surface area contributed by atoms with Crippen LogP contribution < -0.4 is 4.90 Å². The smallest absolute Gasteiger partial charge is 0.143 e. The van der Waals surface area contributed by atoms with Gasteiger partial charge in [0.1, 0.15) is 11.2 Å². The monoisotopic (exact) mass is 853 g/mol. The number of fused-ring (bicyclic) bond motifs is 7. The minimum Gasteiger partial charge on any atom is -0.455 e. The maximum Gasteiger partial charge on any atom is 0.143 e. The highest BCUT2D eigenvalue weighted by Gasteiger charge is 2.46. The van der Waals surface area contributed by atoms with Gasteiger partial charge in [-0.25, -0.2) is 0 Å². The fraction of sp³-hybridized carbons (Fsp3) is 0.0154. The Hall–Kier alpha value is -8.72. The van der Waals surface area contributed by atoms with Gasteiger partial charge in [0.25, 0.3) is 0 Å². The van der Waals surface area contributed by atoms with Crippen molar-refractivity contribution in [3.8, 4) is 44.5 Å². The van der Waals surface area contributed by atoms with Gasteiger partial charge in [-0.1, -0.05) is 212 Å². The van der Waals surface area contributed by atoms with E-state index in [1.54, 1.807) is 0 Å². The Bertz CT molecular complexity index is 3720. The van der Waals surface area contributed by atoms with E-state index in [1.807, 2.05) is 0 Å². The van der Waals surface area contributed by atoms with Crippen molar-refractivity contribution in [1.82, 2.24) is 0 Å². The minimum atomic E-state index is -0.533. The summed E-state index contributed by atoms with van der Waals surface area (Å²) in [6.45, 7) is 0. The highest BCUT2D eigenvalue weighted by Crippen LogP contribution is 2.57. The lowest BCUT2D eigenvalue weighted by Gasteiger charge is -2.35. The summed E-state index contributed by atoms with van der Waals surface area (Å²) in [5.74, 6) is 0.